The normalized spacial score (nSPS) is 14.7. The Balaban J connectivity index is 1.69. The van der Waals surface area contributed by atoms with Crippen LogP contribution in [0.4, 0.5) is 19.0 Å². The molecule has 1 amide bonds. The summed E-state index contributed by atoms with van der Waals surface area (Å²) < 4.78 is 52.8. The second kappa shape index (κ2) is 9.93. The number of hydrogen-bond acceptors (Lipinski definition) is 7. The summed E-state index contributed by atoms with van der Waals surface area (Å²) >= 11 is 0. The van der Waals surface area contributed by atoms with E-state index in [-0.39, 0.29) is 23.5 Å². The number of halogens is 3. The highest BCUT2D eigenvalue weighted by Crippen LogP contribution is 2.35. The lowest BCUT2D eigenvalue weighted by Gasteiger charge is -2.38. The summed E-state index contributed by atoms with van der Waals surface area (Å²) in [6.45, 7) is 7.91. The number of ether oxygens (including phenoxy) is 2. The summed E-state index contributed by atoms with van der Waals surface area (Å²) in [5.41, 5.74) is -0.233. The Morgan fingerprint density at radius 3 is 2.60 bits per heavy atom. The number of aryl methyl sites for hydroxylation is 1. The van der Waals surface area contributed by atoms with Gasteiger partial charge in [0.15, 0.2) is 11.4 Å². The zero-order valence-electron chi connectivity index (χ0n) is 19.8. The van der Waals surface area contributed by atoms with E-state index < -0.39 is 23.8 Å². The van der Waals surface area contributed by atoms with Crippen LogP contribution in [0.5, 0.6) is 11.6 Å². The molecule has 1 atom stereocenters. The highest BCUT2D eigenvalue weighted by atomic mass is 19.3. The Morgan fingerprint density at radius 2 is 1.94 bits per heavy atom. The Hall–Kier alpha value is -3.63. The Kier molecular flexibility index (Phi) is 6.95. The van der Waals surface area contributed by atoms with Crippen molar-refractivity contribution >= 4 is 22.8 Å². The molecule has 35 heavy (non-hydrogen) atoms. The van der Waals surface area contributed by atoms with Gasteiger partial charge in [-0.1, -0.05) is 18.2 Å². The minimum Gasteiger partial charge on any atom is -0.481 e. The van der Waals surface area contributed by atoms with Gasteiger partial charge in [0, 0.05) is 18.6 Å². The summed E-state index contributed by atoms with van der Waals surface area (Å²) in [6, 6.07) is 4.91. The molecule has 3 heterocycles. The van der Waals surface area contributed by atoms with Crippen LogP contribution in [0, 0.1) is 12.7 Å². The maximum atomic E-state index is 14.7. The van der Waals surface area contributed by atoms with Gasteiger partial charge in [0.1, 0.15) is 23.6 Å². The van der Waals surface area contributed by atoms with Gasteiger partial charge in [-0.2, -0.15) is 4.98 Å². The molecular weight excluding hydrogens is 463 g/mol. The SMILES string of the molecule is CCOc1nc2nc(C)nc(N[C@H](C)c3cccc(C(F)F)c3F)c2cc1OC1CN(C(C)=O)C1. The van der Waals surface area contributed by atoms with Crippen LogP contribution in [0.3, 0.4) is 0 Å². The zero-order valence-corrected chi connectivity index (χ0v) is 19.8. The van der Waals surface area contributed by atoms with Crippen LogP contribution >= 0.6 is 0 Å². The quantitative estimate of drug-likeness (QED) is 0.495. The first-order chi connectivity index (χ1) is 16.7. The van der Waals surface area contributed by atoms with E-state index in [1.54, 1.807) is 24.8 Å². The van der Waals surface area contributed by atoms with Crippen LogP contribution in [-0.2, 0) is 4.79 Å². The number of likely N-dealkylation sites (tertiary alicyclic amines) is 1. The number of rotatable bonds is 8. The summed E-state index contributed by atoms with van der Waals surface area (Å²) in [6.07, 6.45) is -3.14. The van der Waals surface area contributed by atoms with Crippen LogP contribution in [0.1, 0.15) is 50.2 Å². The van der Waals surface area contributed by atoms with Crippen molar-refractivity contribution in [2.45, 2.75) is 46.3 Å². The first kappa shape index (κ1) is 24.5. The van der Waals surface area contributed by atoms with Crippen molar-refractivity contribution in [1.82, 2.24) is 19.9 Å². The molecule has 1 saturated heterocycles. The molecule has 0 aliphatic carbocycles. The number of alkyl halides is 2. The number of fused-ring (bicyclic) bond motifs is 1. The summed E-state index contributed by atoms with van der Waals surface area (Å²) in [5, 5.41) is 3.60. The summed E-state index contributed by atoms with van der Waals surface area (Å²) in [4.78, 5) is 26.5. The lowest BCUT2D eigenvalue weighted by molar-refractivity contribution is -0.137. The van der Waals surface area contributed by atoms with Crippen LogP contribution in [-0.4, -0.2) is 51.6 Å². The van der Waals surface area contributed by atoms with E-state index in [9.17, 15) is 18.0 Å². The summed E-state index contributed by atoms with van der Waals surface area (Å²) in [5.74, 6) is 0.392. The maximum absolute atomic E-state index is 14.7. The third-order valence-corrected chi connectivity index (χ3v) is 5.71. The number of nitrogens with one attached hydrogen (secondary N) is 1. The average molecular weight is 489 g/mol. The molecule has 4 rings (SSSR count). The van der Waals surface area contributed by atoms with Crippen LogP contribution < -0.4 is 14.8 Å². The van der Waals surface area contributed by atoms with E-state index >= 15 is 0 Å². The molecule has 0 radical (unpaired) electrons. The number of benzene rings is 1. The minimum atomic E-state index is -2.92. The number of hydrogen-bond donors (Lipinski definition) is 1. The molecule has 0 spiro atoms. The van der Waals surface area contributed by atoms with Gasteiger partial charge < -0.3 is 19.7 Å². The fourth-order valence-corrected chi connectivity index (χ4v) is 3.87. The van der Waals surface area contributed by atoms with Gasteiger partial charge in [-0.15, -0.1) is 0 Å². The van der Waals surface area contributed by atoms with Crippen molar-refractivity contribution in [3.8, 4) is 11.6 Å². The first-order valence-electron chi connectivity index (χ1n) is 11.2. The van der Waals surface area contributed by atoms with Crippen molar-refractivity contribution in [2.24, 2.45) is 0 Å². The lowest BCUT2D eigenvalue weighted by atomic mass is 10.0. The number of pyridine rings is 1. The van der Waals surface area contributed by atoms with E-state index in [1.165, 1.54) is 19.1 Å². The molecule has 1 aliphatic rings. The van der Waals surface area contributed by atoms with Crippen LogP contribution in [0.2, 0.25) is 0 Å². The highest BCUT2D eigenvalue weighted by Gasteiger charge is 2.31. The van der Waals surface area contributed by atoms with Gasteiger partial charge in [0.05, 0.1) is 36.7 Å². The molecule has 1 aliphatic heterocycles. The third-order valence-electron chi connectivity index (χ3n) is 5.71. The molecule has 0 bridgehead atoms. The highest BCUT2D eigenvalue weighted by molar-refractivity contribution is 5.88. The standard InChI is InChI=1S/C24H26F3N5O3/c1-5-34-24-19(35-15-10-32(11-15)14(4)33)9-18-22(29-13(3)30-23(18)31-24)28-12(2)16-7-6-8-17(20(16)25)21(26)27/h6-9,12,15,21H,5,10-11H2,1-4H3,(H,28,29,30,31)/t12-/m1/s1. The number of amides is 1. The molecule has 8 nitrogen and oxygen atoms in total. The molecule has 3 aromatic rings. The lowest BCUT2D eigenvalue weighted by Crippen LogP contribution is -2.55. The molecule has 0 saturated carbocycles. The monoisotopic (exact) mass is 489 g/mol. The summed E-state index contributed by atoms with van der Waals surface area (Å²) in [7, 11) is 0. The van der Waals surface area contributed by atoms with Gasteiger partial charge in [-0.3, -0.25) is 4.79 Å². The molecule has 11 heteroatoms. The number of aromatic nitrogens is 3. The van der Waals surface area contributed by atoms with E-state index in [4.69, 9.17) is 9.47 Å². The van der Waals surface area contributed by atoms with Crippen molar-refractivity contribution in [1.29, 1.82) is 0 Å². The smallest absolute Gasteiger partial charge is 0.266 e. The van der Waals surface area contributed by atoms with Gasteiger partial charge in [-0.25, -0.2) is 23.1 Å². The topological polar surface area (TPSA) is 89.5 Å². The number of carbonyl (C=O) groups excluding carboxylic acids is 1. The van der Waals surface area contributed by atoms with Crippen molar-refractivity contribution < 1.29 is 27.4 Å². The van der Waals surface area contributed by atoms with Crippen LogP contribution in [0.15, 0.2) is 24.3 Å². The molecular formula is C24H26F3N5O3. The van der Waals surface area contributed by atoms with E-state index in [0.29, 0.717) is 48.1 Å². The molecule has 2 aromatic heterocycles. The van der Waals surface area contributed by atoms with Gasteiger partial charge in [0.2, 0.25) is 5.91 Å². The fraction of sp³-hybridized carbons (Fsp3) is 0.417. The molecule has 1 N–H and O–H groups in total. The zero-order chi connectivity index (χ0) is 25.3. The van der Waals surface area contributed by atoms with Gasteiger partial charge in [0.25, 0.3) is 12.3 Å². The second-order valence-corrected chi connectivity index (χ2v) is 8.30. The molecule has 1 aromatic carbocycles. The molecule has 186 valence electrons. The fourth-order valence-electron chi connectivity index (χ4n) is 3.87. The third kappa shape index (κ3) is 5.08. The number of carbonyl (C=O) groups is 1. The largest absolute Gasteiger partial charge is 0.481 e. The van der Waals surface area contributed by atoms with Crippen molar-refractivity contribution in [3.05, 3.63) is 47.0 Å². The van der Waals surface area contributed by atoms with E-state index in [2.05, 4.69) is 20.3 Å². The predicted octanol–water partition coefficient (Wildman–Crippen LogP) is 4.59. The minimum absolute atomic E-state index is 0.0287. The van der Waals surface area contributed by atoms with E-state index in [0.717, 1.165) is 6.07 Å². The Labute approximate surface area is 200 Å². The van der Waals surface area contributed by atoms with Crippen molar-refractivity contribution in [3.63, 3.8) is 0 Å². The Bertz CT molecular complexity index is 1250. The maximum Gasteiger partial charge on any atom is 0.266 e. The van der Waals surface area contributed by atoms with E-state index in [1.807, 2.05) is 6.92 Å². The second-order valence-electron chi connectivity index (χ2n) is 8.30. The van der Waals surface area contributed by atoms with Gasteiger partial charge >= 0.3 is 0 Å². The van der Waals surface area contributed by atoms with Crippen molar-refractivity contribution in [2.75, 3.05) is 25.0 Å². The average Bonchev–Trinajstić information content (AvgIpc) is 2.76. The van der Waals surface area contributed by atoms with Gasteiger partial charge in [-0.05, 0) is 20.8 Å². The van der Waals surface area contributed by atoms with Crippen LogP contribution in [0.25, 0.3) is 11.0 Å². The molecule has 0 unspecified atom stereocenters. The Morgan fingerprint density at radius 1 is 1.23 bits per heavy atom. The number of anilines is 1. The molecule has 1 fully saturated rings. The predicted molar refractivity (Wildman–Crippen MR) is 123 cm³/mol. The number of nitrogens with zero attached hydrogens (tertiary/aromatic N) is 4. The first-order valence-corrected chi connectivity index (χ1v) is 11.2.